The number of halogens is 1. The summed E-state index contributed by atoms with van der Waals surface area (Å²) in [5.41, 5.74) is 6.55. The molecule has 0 amide bonds. The second-order valence-corrected chi connectivity index (χ2v) is 9.27. The molecule has 0 unspecified atom stereocenters. The maximum Gasteiger partial charge on any atom is 0.155 e. The Kier molecular flexibility index (Phi) is 7.76. The first-order valence-electron chi connectivity index (χ1n) is 12.6. The van der Waals surface area contributed by atoms with Gasteiger partial charge in [0.2, 0.25) is 0 Å². The standard InChI is InChI=1S/C28H29N9.ClH/c1-22-25(21-36(33-22)26-5-3-2-4-6-26)20-34-15-17-35(18-16-34)28-27(29-11-12-30-28)24-9-7-23(8-10-24)19-37-31-13-14-32-37;/h2-14,21H,15-20H2,1H3;1H. The van der Waals surface area contributed by atoms with Crippen molar-refractivity contribution in [3.05, 3.63) is 102 Å². The summed E-state index contributed by atoms with van der Waals surface area (Å²) in [5, 5.41) is 13.1. The van der Waals surface area contributed by atoms with Gasteiger partial charge in [0.05, 0.1) is 30.3 Å². The van der Waals surface area contributed by atoms with Gasteiger partial charge >= 0.3 is 0 Å². The average molecular weight is 528 g/mol. The fraction of sp³-hybridized carbons (Fsp3) is 0.250. The predicted molar refractivity (Wildman–Crippen MR) is 150 cm³/mol. The van der Waals surface area contributed by atoms with Crippen LogP contribution >= 0.6 is 12.4 Å². The van der Waals surface area contributed by atoms with E-state index in [0.29, 0.717) is 6.54 Å². The summed E-state index contributed by atoms with van der Waals surface area (Å²) in [7, 11) is 0. The SMILES string of the molecule is Cc1nn(-c2ccccc2)cc1CN1CCN(c2nccnc2-c2ccc(Cn3nccn3)cc2)CC1.Cl. The number of aromatic nitrogens is 7. The van der Waals surface area contributed by atoms with Crippen LogP contribution in [0.25, 0.3) is 16.9 Å². The number of aryl methyl sites for hydroxylation is 1. The lowest BCUT2D eigenvalue weighted by atomic mass is 10.1. The van der Waals surface area contributed by atoms with Gasteiger partial charge in [0.15, 0.2) is 5.82 Å². The minimum atomic E-state index is 0. The number of para-hydroxylation sites is 1. The molecule has 5 aromatic rings. The van der Waals surface area contributed by atoms with E-state index in [0.717, 1.165) is 66.7 Å². The first-order valence-corrected chi connectivity index (χ1v) is 12.6. The molecule has 9 nitrogen and oxygen atoms in total. The molecule has 0 saturated carbocycles. The van der Waals surface area contributed by atoms with Crippen LogP contribution < -0.4 is 4.90 Å². The van der Waals surface area contributed by atoms with Crippen LogP contribution in [0.5, 0.6) is 0 Å². The average Bonchev–Trinajstić information content (AvgIpc) is 3.60. The van der Waals surface area contributed by atoms with Crippen molar-refractivity contribution in [1.82, 2.24) is 39.6 Å². The summed E-state index contributed by atoms with van der Waals surface area (Å²) in [6.07, 6.45) is 9.09. The Hall–Kier alpha value is -4.08. The Labute approximate surface area is 228 Å². The minimum absolute atomic E-state index is 0. The normalized spacial score (nSPS) is 13.9. The molecule has 1 aliphatic heterocycles. The van der Waals surface area contributed by atoms with Gasteiger partial charge in [0, 0.05) is 62.4 Å². The zero-order valence-electron chi connectivity index (χ0n) is 21.3. The first kappa shape index (κ1) is 25.6. The van der Waals surface area contributed by atoms with Crippen molar-refractivity contribution in [1.29, 1.82) is 0 Å². The highest BCUT2D eigenvalue weighted by molar-refractivity contribution is 5.85. The number of hydrogen-bond acceptors (Lipinski definition) is 7. The Bertz CT molecular complexity index is 1440. The van der Waals surface area contributed by atoms with Gasteiger partial charge in [-0.05, 0) is 24.6 Å². The molecule has 0 aliphatic carbocycles. The van der Waals surface area contributed by atoms with Crippen LogP contribution in [0.2, 0.25) is 0 Å². The van der Waals surface area contributed by atoms with Crippen molar-refractivity contribution in [2.24, 2.45) is 0 Å². The van der Waals surface area contributed by atoms with Crippen LogP contribution in [-0.4, -0.2) is 65.8 Å². The quantitative estimate of drug-likeness (QED) is 0.316. The van der Waals surface area contributed by atoms with Gasteiger partial charge in [-0.25, -0.2) is 9.67 Å². The van der Waals surface area contributed by atoms with Crippen molar-refractivity contribution in [2.75, 3.05) is 31.1 Å². The maximum absolute atomic E-state index is 4.73. The second kappa shape index (κ2) is 11.5. The van der Waals surface area contributed by atoms with Gasteiger partial charge in [-0.15, -0.1) is 12.4 Å². The largest absolute Gasteiger partial charge is 0.352 e. The monoisotopic (exact) mass is 527 g/mol. The lowest BCUT2D eigenvalue weighted by Gasteiger charge is -2.35. The van der Waals surface area contributed by atoms with Crippen molar-refractivity contribution >= 4 is 18.2 Å². The second-order valence-electron chi connectivity index (χ2n) is 9.27. The molecule has 3 aromatic heterocycles. The van der Waals surface area contributed by atoms with Crippen molar-refractivity contribution in [3.8, 4) is 16.9 Å². The molecule has 0 N–H and O–H groups in total. The highest BCUT2D eigenvalue weighted by atomic mass is 35.5. The number of rotatable bonds is 7. The van der Waals surface area contributed by atoms with Gasteiger partial charge in [-0.2, -0.15) is 20.1 Å². The Morgan fingerprint density at radius 3 is 2.21 bits per heavy atom. The Morgan fingerprint density at radius 1 is 0.763 bits per heavy atom. The smallest absolute Gasteiger partial charge is 0.155 e. The zero-order valence-corrected chi connectivity index (χ0v) is 22.1. The van der Waals surface area contributed by atoms with E-state index in [4.69, 9.17) is 15.1 Å². The fourth-order valence-electron chi connectivity index (χ4n) is 4.74. The molecule has 0 radical (unpaired) electrons. The highest BCUT2D eigenvalue weighted by Gasteiger charge is 2.22. The lowest BCUT2D eigenvalue weighted by Crippen LogP contribution is -2.46. The summed E-state index contributed by atoms with van der Waals surface area (Å²) in [4.78, 5) is 15.9. The van der Waals surface area contributed by atoms with Crippen LogP contribution in [-0.2, 0) is 13.1 Å². The molecule has 10 heteroatoms. The van der Waals surface area contributed by atoms with Gasteiger partial charge in [-0.1, -0.05) is 42.5 Å². The van der Waals surface area contributed by atoms with Gasteiger partial charge < -0.3 is 4.90 Å². The molecule has 6 rings (SSSR count). The number of benzene rings is 2. The minimum Gasteiger partial charge on any atom is -0.352 e. The van der Waals surface area contributed by atoms with Crippen LogP contribution in [0.3, 0.4) is 0 Å². The third kappa shape index (κ3) is 5.58. The molecule has 2 aromatic carbocycles. The summed E-state index contributed by atoms with van der Waals surface area (Å²) in [5.74, 6) is 0.941. The number of piperazine rings is 1. The van der Waals surface area contributed by atoms with E-state index >= 15 is 0 Å². The number of nitrogens with zero attached hydrogens (tertiary/aromatic N) is 9. The third-order valence-corrected chi connectivity index (χ3v) is 6.78. The molecule has 194 valence electrons. The Morgan fingerprint density at radius 2 is 1.47 bits per heavy atom. The number of hydrogen-bond donors (Lipinski definition) is 0. The molecule has 0 atom stereocenters. The van der Waals surface area contributed by atoms with E-state index in [1.165, 1.54) is 5.56 Å². The maximum atomic E-state index is 4.73. The lowest BCUT2D eigenvalue weighted by molar-refractivity contribution is 0.249. The number of anilines is 1. The van der Waals surface area contributed by atoms with Gasteiger partial charge in [0.25, 0.3) is 0 Å². The molecule has 0 bridgehead atoms. The van der Waals surface area contributed by atoms with E-state index in [1.54, 1.807) is 29.6 Å². The molecule has 38 heavy (non-hydrogen) atoms. The molecule has 1 aliphatic rings. The van der Waals surface area contributed by atoms with Crippen LogP contribution in [0, 0.1) is 6.92 Å². The molecule has 1 saturated heterocycles. The van der Waals surface area contributed by atoms with Crippen molar-refractivity contribution < 1.29 is 0 Å². The molecule has 1 fully saturated rings. The summed E-state index contributed by atoms with van der Waals surface area (Å²) in [6.45, 7) is 7.36. The predicted octanol–water partition coefficient (Wildman–Crippen LogP) is 4.02. The molecular weight excluding hydrogens is 498 g/mol. The fourth-order valence-corrected chi connectivity index (χ4v) is 4.74. The zero-order chi connectivity index (χ0) is 25.0. The van der Waals surface area contributed by atoms with Crippen LogP contribution in [0.4, 0.5) is 5.82 Å². The summed E-state index contributed by atoms with van der Waals surface area (Å²) < 4.78 is 1.98. The van der Waals surface area contributed by atoms with Crippen LogP contribution in [0.1, 0.15) is 16.8 Å². The van der Waals surface area contributed by atoms with Crippen molar-refractivity contribution in [2.45, 2.75) is 20.0 Å². The van der Waals surface area contributed by atoms with Gasteiger partial charge in [-0.3, -0.25) is 9.88 Å². The van der Waals surface area contributed by atoms with Gasteiger partial charge in [0.1, 0.15) is 5.69 Å². The summed E-state index contributed by atoms with van der Waals surface area (Å²) in [6, 6.07) is 18.7. The van der Waals surface area contributed by atoms with E-state index in [1.807, 2.05) is 22.9 Å². The highest BCUT2D eigenvalue weighted by Crippen LogP contribution is 2.28. The van der Waals surface area contributed by atoms with E-state index in [-0.39, 0.29) is 12.4 Å². The Balaban J connectivity index is 0.00000294. The third-order valence-electron chi connectivity index (χ3n) is 6.78. The summed E-state index contributed by atoms with van der Waals surface area (Å²) >= 11 is 0. The molecular formula is C28H30ClN9. The van der Waals surface area contributed by atoms with E-state index in [2.05, 4.69) is 69.5 Å². The van der Waals surface area contributed by atoms with Crippen LogP contribution in [0.15, 0.2) is 85.6 Å². The van der Waals surface area contributed by atoms with Crippen molar-refractivity contribution in [3.63, 3.8) is 0 Å². The molecule has 4 heterocycles. The van der Waals surface area contributed by atoms with E-state index < -0.39 is 0 Å². The molecule has 0 spiro atoms. The first-order chi connectivity index (χ1) is 18.2. The van der Waals surface area contributed by atoms with E-state index in [9.17, 15) is 0 Å². The topological polar surface area (TPSA) is 80.8 Å².